The quantitative estimate of drug-likeness (QED) is 0.847. The lowest BCUT2D eigenvalue weighted by atomic mass is 10.4. The maximum absolute atomic E-state index is 11.5. The number of halogens is 1. The fourth-order valence-electron chi connectivity index (χ4n) is 0.800. The number of nitrogens with zero attached hydrogens (tertiary/aromatic N) is 1. The maximum Gasteiger partial charge on any atom is 0.263 e. The van der Waals surface area contributed by atoms with Gasteiger partial charge in [0.2, 0.25) is 0 Å². The molecule has 1 aromatic rings. The van der Waals surface area contributed by atoms with Gasteiger partial charge in [0.15, 0.2) is 0 Å². The molecule has 0 saturated heterocycles. The Labute approximate surface area is 89.7 Å². The monoisotopic (exact) mass is 262 g/mol. The summed E-state index contributed by atoms with van der Waals surface area (Å²) in [6.07, 6.45) is 1.61. The smallest absolute Gasteiger partial charge is 0.263 e. The van der Waals surface area contributed by atoms with Gasteiger partial charge in [0.1, 0.15) is 4.88 Å². The molecule has 1 aromatic heterocycles. The summed E-state index contributed by atoms with van der Waals surface area (Å²) >= 11 is 4.70. The van der Waals surface area contributed by atoms with Gasteiger partial charge in [-0.2, -0.15) is 0 Å². The number of nitrogens with one attached hydrogen (secondary N) is 1. The van der Waals surface area contributed by atoms with Crippen LogP contribution in [0.25, 0.3) is 0 Å². The summed E-state index contributed by atoms with van der Waals surface area (Å²) in [4.78, 5) is 16.2. The Morgan fingerprint density at radius 2 is 2.54 bits per heavy atom. The summed E-state index contributed by atoms with van der Waals surface area (Å²) in [7, 11) is 0. The average Bonchev–Trinajstić information content (AvgIpc) is 2.51. The number of carbonyl (C=O) groups is 1. The molecule has 5 heteroatoms. The fourth-order valence-corrected chi connectivity index (χ4v) is 1.64. The van der Waals surface area contributed by atoms with Crippen LogP contribution in [0, 0.1) is 6.92 Å². The molecule has 72 valence electrons. The second kappa shape index (κ2) is 4.72. The predicted molar refractivity (Wildman–Crippen MR) is 57.6 cm³/mol. The third kappa shape index (κ3) is 3.08. The van der Waals surface area contributed by atoms with E-state index in [4.69, 9.17) is 0 Å². The van der Waals surface area contributed by atoms with E-state index in [-0.39, 0.29) is 11.9 Å². The normalized spacial score (nSPS) is 12.5. The number of hydrogen-bond donors (Lipinski definition) is 1. The summed E-state index contributed by atoms with van der Waals surface area (Å²) in [6, 6.07) is 0.148. The number of aryl methyl sites for hydroxylation is 1. The van der Waals surface area contributed by atoms with Crippen LogP contribution in [0.4, 0.5) is 0 Å². The van der Waals surface area contributed by atoms with Crippen molar-refractivity contribution in [1.29, 1.82) is 0 Å². The van der Waals surface area contributed by atoms with Gasteiger partial charge < -0.3 is 5.32 Å². The van der Waals surface area contributed by atoms with E-state index in [9.17, 15) is 4.79 Å². The van der Waals surface area contributed by atoms with Gasteiger partial charge in [-0.15, -0.1) is 11.3 Å². The van der Waals surface area contributed by atoms with Crippen LogP contribution in [0.5, 0.6) is 0 Å². The summed E-state index contributed by atoms with van der Waals surface area (Å²) in [5.41, 5.74) is 0. The molecule has 1 unspecified atom stereocenters. The van der Waals surface area contributed by atoms with Crippen LogP contribution in [0.1, 0.15) is 21.6 Å². The van der Waals surface area contributed by atoms with E-state index in [1.165, 1.54) is 11.3 Å². The minimum Gasteiger partial charge on any atom is -0.348 e. The summed E-state index contributed by atoms with van der Waals surface area (Å²) in [6.45, 7) is 3.83. The highest BCUT2D eigenvalue weighted by atomic mass is 79.9. The number of amides is 1. The Hall–Kier alpha value is -0.420. The van der Waals surface area contributed by atoms with Gasteiger partial charge in [-0.3, -0.25) is 4.79 Å². The summed E-state index contributed by atoms with van der Waals surface area (Å²) in [5, 5.41) is 4.52. The maximum atomic E-state index is 11.5. The zero-order chi connectivity index (χ0) is 9.84. The van der Waals surface area contributed by atoms with Crippen molar-refractivity contribution >= 4 is 33.2 Å². The van der Waals surface area contributed by atoms with Gasteiger partial charge in [-0.25, -0.2) is 4.98 Å². The number of carbonyl (C=O) groups excluding carboxylic acids is 1. The Kier molecular flexibility index (Phi) is 3.87. The second-order valence-electron chi connectivity index (χ2n) is 2.77. The Bertz CT molecular complexity index is 300. The van der Waals surface area contributed by atoms with Crippen LogP contribution in [-0.2, 0) is 0 Å². The Morgan fingerprint density at radius 1 is 1.85 bits per heavy atom. The predicted octanol–water partition coefficient (Wildman–Crippen LogP) is 1.96. The van der Waals surface area contributed by atoms with Crippen molar-refractivity contribution < 1.29 is 4.79 Å². The molecule has 0 radical (unpaired) electrons. The minimum absolute atomic E-state index is 0.0439. The highest BCUT2D eigenvalue weighted by Gasteiger charge is 2.10. The molecule has 0 aliphatic heterocycles. The van der Waals surface area contributed by atoms with Crippen LogP contribution in [-0.4, -0.2) is 22.3 Å². The van der Waals surface area contributed by atoms with Crippen molar-refractivity contribution in [1.82, 2.24) is 10.3 Å². The van der Waals surface area contributed by atoms with Gasteiger partial charge in [-0.1, -0.05) is 15.9 Å². The van der Waals surface area contributed by atoms with E-state index < -0.39 is 0 Å². The first-order valence-corrected chi connectivity index (χ1v) is 5.86. The van der Waals surface area contributed by atoms with Crippen molar-refractivity contribution in [2.45, 2.75) is 19.9 Å². The Balaban J connectivity index is 2.58. The molecule has 1 heterocycles. The van der Waals surface area contributed by atoms with E-state index in [0.29, 0.717) is 4.88 Å². The summed E-state index contributed by atoms with van der Waals surface area (Å²) in [5.74, 6) is -0.0439. The van der Waals surface area contributed by atoms with E-state index in [0.717, 1.165) is 10.3 Å². The molecule has 13 heavy (non-hydrogen) atoms. The first-order chi connectivity index (χ1) is 6.13. The molecule has 0 saturated carbocycles. The zero-order valence-corrected chi connectivity index (χ0v) is 9.91. The first-order valence-electron chi connectivity index (χ1n) is 3.92. The van der Waals surface area contributed by atoms with E-state index >= 15 is 0 Å². The van der Waals surface area contributed by atoms with Crippen molar-refractivity contribution in [2.24, 2.45) is 0 Å². The van der Waals surface area contributed by atoms with Gasteiger partial charge in [0.05, 0.1) is 11.2 Å². The minimum atomic E-state index is -0.0439. The van der Waals surface area contributed by atoms with Crippen molar-refractivity contribution in [3.8, 4) is 0 Å². The SMILES string of the molecule is Cc1ncc(C(=O)NC(C)CBr)s1. The standard InChI is InChI=1S/C8H11BrN2OS/c1-5(3-9)11-8(12)7-4-10-6(2)13-7/h4-5H,3H2,1-2H3,(H,11,12). The molecule has 1 atom stereocenters. The average molecular weight is 263 g/mol. The Morgan fingerprint density at radius 3 is 3.00 bits per heavy atom. The fraction of sp³-hybridized carbons (Fsp3) is 0.500. The molecule has 0 fully saturated rings. The van der Waals surface area contributed by atoms with Crippen LogP contribution in [0.3, 0.4) is 0 Å². The summed E-state index contributed by atoms with van der Waals surface area (Å²) < 4.78 is 0. The zero-order valence-electron chi connectivity index (χ0n) is 7.50. The lowest BCUT2D eigenvalue weighted by Crippen LogP contribution is -2.32. The largest absolute Gasteiger partial charge is 0.348 e. The van der Waals surface area contributed by atoms with E-state index in [2.05, 4.69) is 26.2 Å². The second-order valence-corrected chi connectivity index (χ2v) is 4.65. The molecule has 0 bridgehead atoms. The van der Waals surface area contributed by atoms with Crippen molar-refractivity contribution in [2.75, 3.05) is 5.33 Å². The molecular formula is C8H11BrN2OS. The van der Waals surface area contributed by atoms with Gasteiger partial charge in [0, 0.05) is 11.4 Å². The number of aromatic nitrogens is 1. The topological polar surface area (TPSA) is 42.0 Å². The molecule has 3 nitrogen and oxygen atoms in total. The van der Waals surface area contributed by atoms with Crippen molar-refractivity contribution in [3.05, 3.63) is 16.1 Å². The van der Waals surface area contributed by atoms with Crippen LogP contribution < -0.4 is 5.32 Å². The molecule has 1 N–H and O–H groups in total. The highest BCUT2D eigenvalue weighted by molar-refractivity contribution is 9.09. The van der Waals surface area contributed by atoms with Crippen LogP contribution in [0.2, 0.25) is 0 Å². The first kappa shape index (κ1) is 10.7. The molecule has 0 aliphatic rings. The lowest BCUT2D eigenvalue weighted by molar-refractivity contribution is 0.0948. The van der Waals surface area contributed by atoms with Gasteiger partial charge >= 0.3 is 0 Å². The van der Waals surface area contributed by atoms with Crippen molar-refractivity contribution in [3.63, 3.8) is 0 Å². The number of alkyl halides is 1. The van der Waals surface area contributed by atoms with Crippen LogP contribution in [0.15, 0.2) is 6.20 Å². The third-order valence-corrected chi connectivity index (χ3v) is 3.34. The van der Waals surface area contributed by atoms with E-state index in [1.54, 1.807) is 6.20 Å². The molecule has 1 rings (SSSR count). The van der Waals surface area contributed by atoms with Crippen LogP contribution >= 0.6 is 27.3 Å². The third-order valence-electron chi connectivity index (χ3n) is 1.45. The molecule has 0 aromatic carbocycles. The van der Waals surface area contributed by atoms with E-state index in [1.807, 2.05) is 13.8 Å². The number of rotatable bonds is 3. The van der Waals surface area contributed by atoms with Gasteiger partial charge in [0.25, 0.3) is 5.91 Å². The number of hydrogen-bond acceptors (Lipinski definition) is 3. The highest BCUT2D eigenvalue weighted by Crippen LogP contribution is 2.11. The number of thiazole rings is 1. The molecule has 1 amide bonds. The molecular weight excluding hydrogens is 252 g/mol. The molecule has 0 aliphatic carbocycles. The lowest BCUT2D eigenvalue weighted by Gasteiger charge is -2.08. The van der Waals surface area contributed by atoms with Gasteiger partial charge in [-0.05, 0) is 13.8 Å². The molecule has 0 spiro atoms.